The lowest BCUT2D eigenvalue weighted by molar-refractivity contribution is -0.151. The summed E-state index contributed by atoms with van der Waals surface area (Å²) in [4.78, 5) is 26.3. The lowest BCUT2D eigenvalue weighted by Gasteiger charge is -2.24. The molecular formula is C62H109NO5. The van der Waals surface area contributed by atoms with Crippen LogP contribution in [0.15, 0.2) is 85.1 Å². The van der Waals surface area contributed by atoms with Crippen molar-refractivity contribution in [1.82, 2.24) is 5.32 Å². The SMILES string of the molecule is CCCCC/C=C\C/C=C\C/C=C\C/C=C\CCCCCC(=O)OC(CCCCC/C=C/C=C/C=C/CCCCCCC)CC(=O)NC(CO)C(O)CCCCCCCCCCCCCCCC. The predicted molar refractivity (Wildman–Crippen MR) is 296 cm³/mol. The lowest BCUT2D eigenvalue weighted by Crippen LogP contribution is -2.46. The number of esters is 1. The van der Waals surface area contributed by atoms with Gasteiger partial charge in [-0.3, -0.25) is 9.59 Å². The summed E-state index contributed by atoms with van der Waals surface area (Å²) in [5, 5.41) is 23.9. The number of carbonyl (C=O) groups excluding carboxylic acids is 2. The van der Waals surface area contributed by atoms with E-state index in [2.05, 4.69) is 111 Å². The number of allylic oxidation sites excluding steroid dienone is 14. The van der Waals surface area contributed by atoms with Gasteiger partial charge in [-0.2, -0.15) is 0 Å². The van der Waals surface area contributed by atoms with Gasteiger partial charge >= 0.3 is 5.97 Å². The van der Waals surface area contributed by atoms with Crippen molar-refractivity contribution in [2.75, 3.05) is 6.61 Å². The third kappa shape index (κ3) is 49.5. The van der Waals surface area contributed by atoms with Gasteiger partial charge in [0.25, 0.3) is 0 Å². The Balaban J connectivity index is 4.70. The van der Waals surface area contributed by atoms with Gasteiger partial charge in [-0.15, -0.1) is 0 Å². The van der Waals surface area contributed by atoms with Crippen molar-refractivity contribution in [2.45, 2.75) is 289 Å². The van der Waals surface area contributed by atoms with Crippen LogP contribution in [-0.2, 0) is 14.3 Å². The lowest BCUT2D eigenvalue weighted by atomic mass is 10.0. The summed E-state index contributed by atoms with van der Waals surface area (Å²) in [5.74, 6) is -0.543. The molecule has 0 aliphatic rings. The fraction of sp³-hybridized carbons (Fsp3) is 0.742. The molecule has 3 N–H and O–H groups in total. The Morgan fingerprint density at radius 2 is 0.809 bits per heavy atom. The second-order valence-corrected chi connectivity index (χ2v) is 19.4. The van der Waals surface area contributed by atoms with Crippen LogP contribution in [0.2, 0.25) is 0 Å². The van der Waals surface area contributed by atoms with Crippen LogP contribution in [0.1, 0.15) is 271 Å². The highest BCUT2D eigenvalue weighted by atomic mass is 16.5. The molecule has 1 amide bonds. The van der Waals surface area contributed by atoms with Crippen LogP contribution in [0.5, 0.6) is 0 Å². The summed E-state index contributed by atoms with van der Waals surface area (Å²) >= 11 is 0. The highest BCUT2D eigenvalue weighted by Crippen LogP contribution is 2.17. The quantitative estimate of drug-likeness (QED) is 0.0244. The van der Waals surface area contributed by atoms with E-state index in [0.717, 1.165) is 96.3 Å². The average molecular weight is 949 g/mol. The van der Waals surface area contributed by atoms with Gasteiger partial charge in [0.15, 0.2) is 0 Å². The number of hydrogen-bond acceptors (Lipinski definition) is 5. The van der Waals surface area contributed by atoms with Crippen LogP contribution in [0.25, 0.3) is 0 Å². The fourth-order valence-corrected chi connectivity index (χ4v) is 8.36. The minimum atomic E-state index is -0.808. The Morgan fingerprint density at radius 1 is 0.441 bits per heavy atom. The molecule has 6 nitrogen and oxygen atoms in total. The van der Waals surface area contributed by atoms with Crippen LogP contribution < -0.4 is 5.32 Å². The molecule has 0 saturated heterocycles. The first-order valence-electron chi connectivity index (χ1n) is 28.8. The first-order valence-corrected chi connectivity index (χ1v) is 28.8. The molecule has 3 unspecified atom stereocenters. The van der Waals surface area contributed by atoms with E-state index in [4.69, 9.17) is 4.74 Å². The minimum Gasteiger partial charge on any atom is -0.462 e. The molecule has 0 aliphatic carbocycles. The zero-order chi connectivity index (χ0) is 49.5. The van der Waals surface area contributed by atoms with Crippen molar-refractivity contribution >= 4 is 11.9 Å². The Labute approximate surface area is 421 Å². The Kier molecular flexibility index (Phi) is 52.6. The number of carbonyl (C=O) groups is 2. The van der Waals surface area contributed by atoms with Gasteiger partial charge in [0.1, 0.15) is 6.10 Å². The molecule has 0 spiro atoms. The maximum Gasteiger partial charge on any atom is 0.306 e. The summed E-state index contributed by atoms with van der Waals surface area (Å²) < 4.78 is 5.93. The molecule has 0 radical (unpaired) electrons. The summed E-state index contributed by atoms with van der Waals surface area (Å²) in [6.45, 7) is 6.44. The predicted octanol–water partition coefficient (Wildman–Crippen LogP) is 17.9. The van der Waals surface area contributed by atoms with Crippen molar-refractivity contribution in [3.63, 3.8) is 0 Å². The maximum absolute atomic E-state index is 13.3. The van der Waals surface area contributed by atoms with Gasteiger partial charge in [-0.05, 0) is 96.3 Å². The number of unbranched alkanes of at least 4 members (excludes halogenated alkanes) is 27. The third-order valence-electron chi connectivity index (χ3n) is 12.8. The second kappa shape index (κ2) is 55.0. The number of aliphatic hydroxyl groups excluding tert-OH is 2. The van der Waals surface area contributed by atoms with Crippen molar-refractivity contribution in [3.05, 3.63) is 85.1 Å². The van der Waals surface area contributed by atoms with E-state index in [-0.39, 0.29) is 24.9 Å². The average Bonchev–Trinajstić information content (AvgIpc) is 3.33. The zero-order valence-corrected chi connectivity index (χ0v) is 44.7. The third-order valence-corrected chi connectivity index (χ3v) is 12.8. The topological polar surface area (TPSA) is 95.9 Å². The van der Waals surface area contributed by atoms with E-state index in [1.165, 1.54) is 128 Å². The molecule has 0 aromatic carbocycles. The molecule has 0 aliphatic heterocycles. The molecular weight excluding hydrogens is 839 g/mol. The molecule has 0 heterocycles. The molecule has 0 aromatic rings. The van der Waals surface area contributed by atoms with Gasteiger partial charge in [0.2, 0.25) is 5.91 Å². The first-order chi connectivity index (χ1) is 33.5. The zero-order valence-electron chi connectivity index (χ0n) is 44.7. The van der Waals surface area contributed by atoms with Gasteiger partial charge in [-0.25, -0.2) is 0 Å². The van der Waals surface area contributed by atoms with Gasteiger partial charge in [0, 0.05) is 6.42 Å². The molecule has 0 fully saturated rings. The van der Waals surface area contributed by atoms with E-state index in [1.807, 2.05) is 0 Å². The molecule has 0 saturated carbocycles. The van der Waals surface area contributed by atoms with E-state index in [0.29, 0.717) is 19.3 Å². The van der Waals surface area contributed by atoms with Gasteiger partial charge in [0.05, 0.1) is 25.2 Å². The smallest absolute Gasteiger partial charge is 0.306 e. The standard InChI is InChI=1S/C62H109NO5/c1-4-7-10-13-16-19-22-25-28-30-31-32-34-37-40-43-46-49-52-55-62(67)68-58(53-50-47-44-41-38-35-33-29-26-23-20-17-14-11-8-5-2)56-61(66)63-59(57-64)60(65)54-51-48-45-42-39-36-27-24-21-18-15-12-9-6-3/h16,19,23,25-26,28-29,31-33,35,37-38,40,58-60,64-65H,4-15,17-18,20-22,24,27,30,34,36,39,41-57H2,1-3H3,(H,63,66)/b19-16-,26-23+,28-25-,32-31-,33-29+,38-35+,40-37-. The van der Waals surface area contributed by atoms with Crippen molar-refractivity contribution in [1.29, 1.82) is 0 Å². The number of amides is 1. The second-order valence-electron chi connectivity index (χ2n) is 19.4. The normalized spacial score (nSPS) is 13.8. The molecule has 3 atom stereocenters. The van der Waals surface area contributed by atoms with E-state index in [1.54, 1.807) is 0 Å². The van der Waals surface area contributed by atoms with E-state index < -0.39 is 18.2 Å². The van der Waals surface area contributed by atoms with Crippen molar-refractivity contribution in [2.24, 2.45) is 0 Å². The first kappa shape index (κ1) is 65.0. The molecule has 0 rings (SSSR count). The summed E-state index contributed by atoms with van der Waals surface area (Å²) in [6.07, 6.45) is 72.1. The molecule has 68 heavy (non-hydrogen) atoms. The number of nitrogens with one attached hydrogen (secondary N) is 1. The van der Waals surface area contributed by atoms with Crippen LogP contribution in [0.4, 0.5) is 0 Å². The van der Waals surface area contributed by atoms with Crippen LogP contribution in [-0.4, -0.2) is 46.9 Å². The van der Waals surface area contributed by atoms with Gasteiger partial charge < -0.3 is 20.3 Å². The molecule has 0 bridgehead atoms. The minimum absolute atomic E-state index is 0.0385. The Hall–Kier alpha value is -2.96. The van der Waals surface area contributed by atoms with E-state index >= 15 is 0 Å². The van der Waals surface area contributed by atoms with Crippen LogP contribution >= 0.6 is 0 Å². The molecule has 0 aromatic heterocycles. The van der Waals surface area contributed by atoms with Crippen molar-refractivity contribution in [3.8, 4) is 0 Å². The maximum atomic E-state index is 13.3. The molecule has 6 heteroatoms. The fourth-order valence-electron chi connectivity index (χ4n) is 8.36. The Bertz CT molecular complexity index is 1290. The summed E-state index contributed by atoms with van der Waals surface area (Å²) in [5.41, 5.74) is 0. The van der Waals surface area contributed by atoms with Gasteiger partial charge in [-0.1, -0.05) is 247 Å². The highest BCUT2D eigenvalue weighted by Gasteiger charge is 2.24. The van der Waals surface area contributed by atoms with E-state index in [9.17, 15) is 19.8 Å². The number of rotatable bonds is 51. The monoisotopic (exact) mass is 948 g/mol. The molecule has 392 valence electrons. The summed E-state index contributed by atoms with van der Waals surface area (Å²) in [6, 6.07) is -0.725. The largest absolute Gasteiger partial charge is 0.462 e. The van der Waals surface area contributed by atoms with Crippen molar-refractivity contribution < 1.29 is 24.5 Å². The summed E-state index contributed by atoms with van der Waals surface area (Å²) in [7, 11) is 0. The highest BCUT2D eigenvalue weighted by molar-refractivity contribution is 5.77. The van der Waals surface area contributed by atoms with Crippen LogP contribution in [0.3, 0.4) is 0 Å². The number of ether oxygens (including phenoxy) is 1. The number of aliphatic hydroxyl groups is 2. The number of hydrogen-bond donors (Lipinski definition) is 3. The Morgan fingerprint density at radius 3 is 1.29 bits per heavy atom. The van der Waals surface area contributed by atoms with Crippen LogP contribution in [0, 0.1) is 0 Å².